The molecule has 1 atom stereocenters. The second-order valence-corrected chi connectivity index (χ2v) is 6.14. The number of amides is 1. The third-order valence-electron chi connectivity index (χ3n) is 4.07. The SMILES string of the molecule is COc1ccc(C(CCO)NC(=O)c2cc(C)c(C)cc2Cl)cc1. The molecule has 24 heavy (non-hydrogen) atoms. The molecule has 0 radical (unpaired) electrons. The fourth-order valence-corrected chi connectivity index (χ4v) is 2.78. The highest BCUT2D eigenvalue weighted by Gasteiger charge is 2.18. The number of aliphatic hydroxyl groups is 1. The molecule has 5 heteroatoms. The Bertz CT molecular complexity index is 713. The Morgan fingerprint density at radius 3 is 2.42 bits per heavy atom. The molecule has 0 aliphatic rings. The summed E-state index contributed by atoms with van der Waals surface area (Å²) in [6.07, 6.45) is 0.417. The average Bonchev–Trinajstić information content (AvgIpc) is 2.57. The summed E-state index contributed by atoms with van der Waals surface area (Å²) < 4.78 is 5.15. The Morgan fingerprint density at radius 2 is 1.83 bits per heavy atom. The molecule has 0 fully saturated rings. The summed E-state index contributed by atoms with van der Waals surface area (Å²) in [6, 6.07) is 10.7. The first-order chi connectivity index (χ1) is 11.5. The number of carbonyl (C=O) groups is 1. The lowest BCUT2D eigenvalue weighted by atomic mass is 10.0. The highest BCUT2D eigenvalue weighted by atomic mass is 35.5. The van der Waals surface area contributed by atoms with Crippen LogP contribution in [-0.2, 0) is 0 Å². The number of hydrogen-bond donors (Lipinski definition) is 2. The van der Waals surface area contributed by atoms with Crippen LogP contribution in [0, 0.1) is 13.8 Å². The molecule has 4 nitrogen and oxygen atoms in total. The Kier molecular flexibility index (Phi) is 6.23. The van der Waals surface area contributed by atoms with Crippen molar-refractivity contribution < 1.29 is 14.6 Å². The zero-order chi connectivity index (χ0) is 17.7. The lowest BCUT2D eigenvalue weighted by molar-refractivity contribution is 0.0930. The number of carbonyl (C=O) groups excluding carboxylic acids is 1. The second kappa shape index (κ2) is 8.18. The molecule has 0 spiro atoms. The minimum Gasteiger partial charge on any atom is -0.497 e. The van der Waals surface area contributed by atoms with E-state index in [1.807, 2.05) is 38.1 Å². The van der Waals surface area contributed by atoms with Crippen LogP contribution in [0.15, 0.2) is 36.4 Å². The van der Waals surface area contributed by atoms with Crippen molar-refractivity contribution in [1.29, 1.82) is 0 Å². The number of halogens is 1. The second-order valence-electron chi connectivity index (χ2n) is 5.73. The van der Waals surface area contributed by atoms with Crippen molar-refractivity contribution >= 4 is 17.5 Å². The van der Waals surface area contributed by atoms with E-state index >= 15 is 0 Å². The molecule has 128 valence electrons. The molecule has 2 N–H and O–H groups in total. The van der Waals surface area contributed by atoms with E-state index < -0.39 is 0 Å². The summed E-state index contributed by atoms with van der Waals surface area (Å²) in [4.78, 5) is 12.6. The summed E-state index contributed by atoms with van der Waals surface area (Å²) in [6.45, 7) is 3.86. The summed E-state index contributed by atoms with van der Waals surface area (Å²) >= 11 is 6.22. The molecule has 0 aliphatic carbocycles. The van der Waals surface area contributed by atoms with E-state index in [4.69, 9.17) is 16.3 Å². The van der Waals surface area contributed by atoms with Gasteiger partial charge >= 0.3 is 0 Å². The summed E-state index contributed by atoms with van der Waals surface area (Å²) in [7, 11) is 1.60. The van der Waals surface area contributed by atoms with E-state index in [1.165, 1.54) is 0 Å². The van der Waals surface area contributed by atoms with Gasteiger partial charge in [-0.05, 0) is 61.2 Å². The Labute approximate surface area is 147 Å². The maximum atomic E-state index is 12.6. The first kappa shape index (κ1) is 18.3. The van der Waals surface area contributed by atoms with Crippen LogP contribution in [0.4, 0.5) is 0 Å². The van der Waals surface area contributed by atoms with Crippen molar-refractivity contribution in [3.63, 3.8) is 0 Å². The lowest BCUT2D eigenvalue weighted by Crippen LogP contribution is -2.29. The zero-order valence-electron chi connectivity index (χ0n) is 14.1. The van der Waals surface area contributed by atoms with E-state index in [-0.39, 0.29) is 18.6 Å². The normalized spacial score (nSPS) is 11.9. The van der Waals surface area contributed by atoms with E-state index in [0.29, 0.717) is 17.0 Å². The summed E-state index contributed by atoms with van der Waals surface area (Å²) in [5, 5.41) is 12.7. The topological polar surface area (TPSA) is 58.6 Å². The highest BCUT2D eigenvalue weighted by Crippen LogP contribution is 2.24. The molecule has 2 aromatic rings. The lowest BCUT2D eigenvalue weighted by Gasteiger charge is -2.19. The standard InChI is InChI=1S/C19H22ClNO3/c1-12-10-16(17(20)11-13(12)2)19(23)21-18(8-9-22)14-4-6-15(24-3)7-5-14/h4-7,10-11,18,22H,8-9H2,1-3H3,(H,21,23). The van der Waals surface area contributed by atoms with Gasteiger partial charge in [-0.1, -0.05) is 23.7 Å². The van der Waals surface area contributed by atoms with Crippen LogP contribution in [0.2, 0.25) is 5.02 Å². The number of aryl methyl sites for hydroxylation is 2. The molecule has 2 rings (SSSR count). The molecule has 0 saturated carbocycles. The van der Waals surface area contributed by atoms with Crippen molar-refractivity contribution in [2.45, 2.75) is 26.3 Å². The Hall–Kier alpha value is -2.04. The third-order valence-corrected chi connectivity index (χ3v) is 4.38. The number of methoxy groups -OCH3 is 1. The number of ether oxygens (including phenoxy) is 1. The van der Waals surface area contributed by atoms with Crippen LogP contribution < -0.4 is 10.1 Å². The molecule has 0 aromatic heterocycles. The van der Waals surface area contributed by atoms with Gasteiger partial charge in [0.05, 0.1) is 23.7 Å². The number of nitrogens with one attached hydrogen (secondary N) is 1. The van der Waals surface area contributed by atoms with E-state index in [2.05, 4.69) is 5.32 Å². The van der Waals surface area contributed by atoms with Crippen LogP contribution in [0.3, 0.4) is 0 Å². The molecule has 0 saturated heterocycles. The van der Waals surface area contributed by atoms with Gasteiger partial charge in [0.2, 0.25) is 0 Å². The van der Waals surface area contributed by atoms with Crippen molar-refractivity contribution in [1.82, 2.24) is 5.32 Å². The van der Waals surface area contributed by atoms with Crippen LogP contribution >= 0.6 is 11.6 Å². The fraction of sp³-hybridized carbons (Fsp3) is 0.316. The largest absolute Gasteiger partial charge is 0.497 e. The number of rotatable bonds is 6. The molecule has 0 heterocycles. The third kappa shape index (κ3) is 4.28. The minimum absolute atomic E-state index is 0.0301. The molecule has 2 aromatic carbocycles. The Balaban J connectivity index is 2.23. The smallest absolute Gasteiger partial charge is 0.253 e. The monoisotopic (exact) mass is 347 g/mol. The number of benzene rings is 2. The van der Waals surface area contributed by atoms with Gasteiger partial charge < -0.3 is 15.2 Å². The molecule has 1 amide bonds. The first-order valence-corrected chi connectivity index (χ1v) is 8.16. The molecule has 0 bridgehead atoms. The van der Waals surface area contributed by atoms with Crippen LogP contribution in [-0.4, -0.2) is 24.7 Å². The van der Waals surface area contributed by atoms with Crippen molar-refractivity contribution in [3.05, 3.63) is 63.7 Å². The van der Waals surface area contributed by atoms with Crippen molar-refractivity contribution in [2.75, 3.05) is 13.7 Å². The zero-order valence-corrected chi connectivity index (χ0v) is 14.9. The van der Waals surface area contributed by atoms with E-state index in [9.17, 15) is 9.90 Å². The van der Waals surface area contributed by atoms with E-state index in [0.717, 1.165) is 22.4 Å². The number of aliphatic hydroxyl groups excluding tert-OH is 1. The van der Waals surface area contributed by atoms with Crippen molar-refractivity contribution in [3.8, 4) is 5.75 Å². The van der Waals surface area contributed by atoms with Gasteiger partial charge in [-0.2, -0.15) is 0 Å². The van der Waals surface area contributed by atoms with Gasteiger partial charge in [0.15, 0.2) is 0 Å². The van der Waals surface area contributed by atoms with Gasteiger partial charge in [0.1, 0.15) is 5.75 Å². The maximum Gasteiger partial charge on any atom is 0.253 e. The predicted octanol–water partition coefficient (Wildman–Crippen LogP) is 3.82. The van der Waals surface area contributed by atoms with Gasteiger partial charge in [-0.25, -0.2) is 0 Å². The van der Waals surface area contributed by atoms with Gasteiger partial charge in [-0.15, -0.1) is 0 Å². The quantitative estimate of drug-likeness (QED) is 0.835. The predicted molar refractivity (Wildman–Crippen MR) is 95.8 cm³/mol. The van der Waals surface area contributed by atoms with Crippen molar-refractivity contribution in [2.24, 2.45) is 0 Å². The van der Waals surface area contributed by atoms with Gasteiger partial charge in [0, 0.05) is 6.61 Å². The number of hydrogen-bond acceptors (Lipinski definition) is 3. The minimum atomic E-state index is -0.300. The Morgan fingerprint density at radius 1 is 1.21 bits per heavy atom. The maximum absolute atomic E-state index is 12.6. The summed E-state index contributed by atoms with van der Waals surface area (Å²) in [5.74, 6) is 0.488. The first-order valence-electron chi connectivity index (χ1n) is 7.78. The van der Waals surface area contributed by atoms with Crippen LogP contribution in [0.25, 0.3) is 0 Å². The molecule has 1 unspecified atom stereocenters. The van der Waals surface area contributed by atoms with Gasteiger partial charge in [-0.3, -0.25) is 4.79 Å². The molecule has 0 aliphatic heterocycles. The molecular weight excluding hydrogens is 326 g/mol. The fourth-order valence-electron chi connectivity index (χ4n) is 2.48. The van der Waals surface area contributed by atoms with Crippen LogP contribution in [0.5, 0.6) is 5.75 Å². The summed E-state index contributed by atoms with van der Waals surface area (Å²) in [5.41, 5.74) is 3.39. The highest BCUT2D eigenvalue weighted by molar-refractivity contribution is 6.34. The van der Waals surface area contributed by atoms with Crippen LogP contribution in [0.1, 0.15) is 39.5 Å². The average molecular weight is 348 g/mol. The van der Waals surface area contributed by atoms with Gasteiger partial charge in [0.25, 0.3) is 5.91 Å². The molecular formula is C19H22ClNO3. The van der Waals surface area contributed by atoms with E-state index in [1.54, 1.807) is 19.2 Å².